The van der Waals surface area contributed by atoms with Gasteiger partial charge in [-0.2, -0.15) is 10.4 Å². The SMILES string of the molecule is N#Cc1c(N=Cc2ccc(Cl)cc2)n[nH]c1Nc1cccc(Cl)c1. The van der Waals surface area contributed by atoms with Crippen molar-refractivity contribution in [3.8, 4) is 6.07 Å². The van der Waals surface area contributed by atoms with Gasteiger partial charge in [0.05, 0.1) is 0 Å². The number of anilines is 2. The van der Waals surface area contributed by atoms with Crippen molar-refractivity contribution in [3.05, 3.63) is 69.7 Å². The molecule has 24 heavy (non-hydrogen) atoms. The molecular formula is C17H11Cl2N5. The molecule has 0 unspecified atom stereocenters. The van der Waals surface area contributed by atoms with Gasteiger partial charge in [-0.15, -0.1) is 0 Å². The molecule has 0 saturated heterocycles. The Bertz CT molecular complexity index is 923. The van der Waals surface area contributed by atoms with Gasteiger partial charge in [0.15, 0.2) is 5.82 Å². The second-order valence-corrected chi connectivity index (χ2v) is 5.73. The van der Waals surface area contributed by atoms with E-state index in [1.165, 1.54) is 0 Å². The number of aromatic amines is 1. The molecular weight excluding hydrogens is 345 g/mol. The van der Waals surface area contributed by atoms with Crippen molar-refractivity contribution in [3.63, 3.8) is 0 Å². The highest BCUT2D eigenvalue weighted by molar-refractivity contribution is 6.31. The van der Waals surface area contributed by atoms with Gasteiger partial charge in [-0.3, -0.25) is 5.10 Å². The van der Waals surface area contributed by atoms with Crippen LogP contribution in [0.2, 0.25) is 10.0 Å². The maximum atomic E-state index is 9.39. The van der Waals surface area contributed by atoms with Crippen molar-refractivity contribution in [2.45, 2.75) is 0 Å². The molecule has 0 amide bonds. The Kier molecular flexibility index (Phi) is 4.80. The van der Waals surface area contributed by atoms with Gasteiger partial charge in [0, 0.05) is 21.9 Å². The minimum Gasteiger partial charge on any atom is -0.339 e. The number of aromatic nitrogens is 2. The number of halogens is 2. The largest absolute Gasteiger partial charge is 0.339 e. The zero-order chi connectivity index (χ0) is 16.9. The van der Waals surface area contributed by atoms with Crippen LogP contribution in [0.1, 0.15) is 11.1 Å². The summed E-state index contributed by atoms with van der Waals surface area (Å²) in [5.74, 6) is 0.764. The first kappa shape index (κ1) is 16.1. The van der Waals surface area contributed by atoms with Crippen LogP contribution in [-0.2, 0) is 0 Å². The van der Waals surface area contributed by atoms with E-state index in [0.29, 0.717) is 27.2 Å². The Balaban J connectivity index is 1.84. The summed E-state index contributed by atoms with van der Waals surface area (Å²) in [6.45, 7) is 0. The predicted octanol–water partition coefficient (Wildman–Crippen LogP) is 5.08. The van der Waals surface area contributed by atoms with E-state index in [4.69, 9.17) is 23.2 Å². The fraction of sp³-hybridized carbons (Fsp3) is 0. The first-order chi connectivity index (χ1) is 11.7. The Morgan fingerprint density at radius 3 is 2.62 bits per heavy atom. The first-order valence-corrected chi connectivity index (χ1v) is 7.72. The number of hydrogen-bond donors (Lipinski definition) is 2. The van der Waals surface area contributed by atoms with Crippen LogP contribution in [0, 0.1) is 11.3 Å². The molecule has 0 bridgehead atoms. The van der Waals surface area contributed by atoms with Gasteiger partial charge in [0.25, 0.3) is 0 Å². The molecule has 5 nitrogen and oxygen atoms in total. The quantitative estimate of drug-likeness (QED) is 0.640. The molecule has 0 spiro atoms. The van der Waals surface area contributed by atoms with Crippen LogP contribution in [0.3, 0.4) is 0 Å². The van der Waals surface area contributed by atoms with Crippen LogP contribution >= 0.6 is 23.2 Å². The van der Waals surface area contributed by atoms with E-state index >= 15 is 0 Å². The highest BCUT2D eigenvalue weighted by Gasteiger charge is 2.12. The molecule has 0 radical (unpaired) electrons. The van der Waals surface area contributed by atoms with Crippen molar-refractivity contribution < 1.29 is 0 Å². The predicted molar refractivity (Wildman–Crippen MR) is 96.7 cm³/mol. The van der Waals surface area contributed by atoms with Crippen molar-refractivity contribution >= 4 is 46.7 Å². The zero-order valence-corrected chi connectivity index (χ0v) is 13.8. The van der Waals surface area contributed by atoms with Crippen molar-refractivity contribution in [2.75, 3.05) is 5.32 Å². The van der Waals surface area contributed by atoms with Gasteiger partial charge in [0.1, 0.15) is 17.5 Å². The number of nitrogens with one attached hydrogen (secondary N) is 2. The van der Waals surface area contributed by atoms with Gasteiger partial charge in [-0.1, -0.05) is 41.4 Å². The van der Waals surface area contributed by atoms with Crippen LogP contribution in [0.15, 0.2) is 53.5 Å². The molecule has 0 aliphatic carbocycles. The minimum absolute atomic E-state index is 0.303. The van der Waals surface area contributed by atoms with E-state index in [0.717, 1.165) is 11.3 Å². The van der Waals surface area contributed by atoms with Gasteiger partial charge < -0.3 is 5.32 Å². The second kappa shape index (κ2) is 7.18. The highest BCUT2D eigenvalue weighted by atomic mass is 35.5. The van der Waals surface area contributed by atoms with E-state index in [9.17, 15) is 5.26 Å². The number of nitrogens with zero attached hydrogens (tertiary/aromatic N) is 3. The lowest BCUT2D eigenvalue weighted by molar-refractivity contribution is 1.09. The summed E-state index contributed by atoms with van der Waals surface area (Å²) in [6, 6.07) is 16.5. The van der Waals surface area contributed by atoms with Crippen molar-refractivity contribution in [1.82, 2.24) is 10.2 Å². The number of rotatable bonds is 4. The van der Waals surface area contributed by atoms with E-state index in [2.05, 4.69) is 26.6 Å². The molecule has 0 saturated carbocycles. The molecule has 1 aromatic heterocycles. The lowest BCUT2D eigenvalue weighted by Gasteiger charge is -2.03. The smallest absolute Gasteiger partial charge is 0.193 e. The molecule has 3 aromatic rings. The Morgan fingerprint density at radius 2 is 1.92 bits per heavy atom. The minimum atomic E-state index is 0.303. The molecule has 2 N–H and O–H groups in total. The van der Waals surface area contributed by atoms with Gasteiger partial charge in [-0.05, 0) is 35.9 Å². The standard InChI is InChI=1S/C17H11Cl2N5/c18-12-6-4-11(5-7-12)10-21-16-15(9-20)17(24-23-16)22-14-3-1-2-13(19)8-14/h1-8,10H,(H2,22,23,24). The molecule has 0 atom stereocenters. The third-order valence-electron chi connectivity index (χ3n) is 3.16. The first-order valence-electron chi connectivity index (χ1n) is 6.96. The summed E-state index contributed by atoms with van der Waals surface area (Å²) in [7, 11) is 0. The molecule has 3 rings (SSSR count). The monoisotopic (exact) mass is 355 g/mol. The summed E-state index contributed by atoms with van der Waals surface area (Å²) < 4.78 is 0. The van der Waals surface area contributed by atoms with Crippen molar-refractivity contribution in [1.29, 1.82) is 5.26 Å². The number of H-pyrrole nitrogens is 1. The summed E-state index contributed by atoms with van der Waals surface area (Å²) >= 11 is 11.8. The third-order valence-corrected chi connectivity index (χ3v) is 3.65. The second-order valence-electron chi connectivity index (χ2n) is 4.85. The fourth-order valence-electron chi connectivity index (χ4n) is 2.02. The van der Waals surface area contributed by atoms with Crippen LogP contribution < -0.4 is 5.32 Å². The Hall–Kier alpha value is -2.81. The topological polar surface area (TPSA) is 76.9 Å². The van der Waals surface area contributed by atoms with Crippen LogP contribution in [-0.4, -0.2) is 16.4 Å². The normalized spacial score (nSPS) is 10.7. The van der Waals surface area contributed by atoms with Crippen LogP contribution in [0.5, 0.6) is 0 Å². The van der Waals surface area contributed by atoms with Crippen molar-refractivity contribution in [2.24, 2.45) is 4.99 Å². The van der Waals surface area contributed by atoms with Gasteiger partial charge in [-0.25, -0.2) is 4.99 Å². The highest BCUT2D eigenvalue weighted by Crippen LogP contribution is 2.26. The maximum absolute atomic E-state index is 9.39. The molecule has 0 fully saturated rings. The van der Waals surface area contributed by atoms with E-state index < -0.39 is 0 Å². The summed E-state index contributed by atoms with van der Waals surface area (Å²) in [4.78, 5) is 4.26. The average Bonchev–Trinajstić information content (AvgIpc) is 2.96. The maximum Gasteiger partial charge on any atom is 0.193 e. The molecule has 118 valence electrons. The molecule has 7 heteroatoms. The number of nitriles is 1. The van der Waals surface area contributed by atoms with E-state index in [1.807, 2.05) is 24.3 Å². The van der Waals surface area contributed by atoms with Crippen LogP contribution in [0.4, 0.5) is 17.3 Å². The number of hydrogen-bond acceptors (Lipinski definition) is 4. The van der Waals surface area contributed by atoms with E-state index in [1.54, 1.807) is 30.5 Å². The zero-order valence-electron chi connectivity index (χ0n) is 12.3. The van der Waals surface area contributed by atoms with E-state index in [-0.39, 0.29) is 0 Å². The molecule has 0 aliphatic rings. The number of aliphatic imine (C=N–C) groups is 1. The summed E-state index contributed by atoms with van der Waals surface area (Å²) in [5, 5.41) is 20.6. The third kappa shape index (κ3) is 3.74. The van der Waals surface area contributed by atoms with Gasteiger partial charge in [0.2, 0.25) is 0 Å². The molecule has 2 aromatic carbocycles. The van der Waals surface area contributed by atoms with Gasteiger partial charge >= 0.3 is 0 Å². The lowest BCUT2D eigenvalue weighted by Crippen LogP contribution is -1.92. The lowest BCUT2D eigenvalue weighted by atomic mass is 10.2. The fourth-order valence-corrected chi connectivity index (χ4v) is 2.33. The summed E-state index contributed by atoms with van der Waals surface area (Å²) in [6.07, 6.45) is 1.62. The average molecular weight is 356 g/mol. The Labute approximate surface area is 148 Å². The molecule has 0 aliphatic heterocycles. The molecule has 1 heterocycles. The summed E-state index contributed by atoms with van der Waals surface area (Å²) in [5.41, 5.74) is 1.92. The Morgan fingerprint density at radius 1 is 1.12 bits per heavy atom. The van der Waals surface area contributed by atoms with Crippen LogP contribution in [0.25, 0.3) is 0 Å². The number of benzene rings is 2.